The average molecular weight is 441 g/mol. The molecule has 1 atom stereocenters. The van der Waals surface area contributed by atoms with Crippen molar-refractivity contribution < 1.29 is 19.1 Å². The Balaban J connectivity index is 1.24. The van der Waals surface area contributed by atoms with Crippen molar-refractivity contribution in [2.24, 2.45) is 0 Å². The van der Waals surface area contributed by atoms with E-state index in [1.165, 1.54) is 0 Å². The first kappa shape index (κ1) is 20.8. The van der Waals surface area contributed by atoms with Crippen LogP contribution in [0.5, 0.6) is 11.5 Å². The molecule has 0 radical (unpaired) electrons. The number of hydrogen-bond acceptors (Lipinski definition) is 5. The Morgan fingerprint density at radius 3 is 2.58 bits per heavy atom. The summed E-state index contributed by atoms with van der Waals surface area (Å²) in [4.78, 5) is 38.0. The number of benzene rings is 3. The van der Waals surface area contributed by atoms with E-state index in [2.05, 4.69) is 10.6 Å². The van der Waals surface area contributed by atoms with Gasteiger partial charge in [-0.2, -0.15) is 0 Å². The molecule has 1 unspecified atom stereocenters. The number of amides is 3. The number of rotatable bonds is 6. The number of nitrogens with zero attached hydrogens (tertiary/aromatic N) is 1. The molecule has 2 heterocycles. The quantitative estimate of drug-likeness (QED) is 0.568. The third-order valence-electron chi connectivity index (χ3n) is 5.90. The summed E-state index contributed by atoms with van der Waals surface area (Å²) in [6.45, 7) is 0.950. The number of imide groups is 1. The fourth-order valence-electron chi connectivity index (χ4n) is 4.23. The Hall–Kier alpha value is -4.13. The fourth-order valence-corrected chi connectivity index (χ4v) is 4.23. The molecule has 2 aliphatic heterocycles. The van der Waals surface area contributed by atoms with Crippen LogP contribution in [0.2, 0.25) is 0 Å². The molecule has 7 heteroatoms. The summed E-state index contributed by atoms with van der Waals surface area (Å²) >= 11 is 0. The highest BCUT2D eigenvalue weighted by Crippen LogP contribution is 2.30. The number of para-hydroxylation sites is 1. The van der Waals surface area contributed by atoms with Gasteiger partial charge in [-0.15, -0.1) is 0 Å². The minimum Gasteiger partial charge on any atom is -0.457 e. The standard InChI is InChI=1S/C26H23N3O4/c30-24-12-11-23(25(31)28-24)29-16-18-14-19(9-10-22(18)26(29)32)27-15-17-5-4-8-21(13-17)33-20-6-2-1-3-7-20/h1-10,13-14,23,27H,11-12,15-16H2,(H,28,30,31). The van der Waals surface area contributed by atoms with Gasteiger partial charge in [0.15, 0.2) is 0 Å². The van der Waals surface area contributed by atoms with Crippen LogP contribution in [-0.2, 0) is 22.7 Å². The molecule has 5 rings (SSSR count). The molecule has 1 fully saturated rings. The SMILES string of the molecule is O=C1CCC(N2Cc3cc(NCc4cccc(Oc5ccccc5)c4)ccc3C2=O)C(=O)N1. The predicted octanol–water partition coefficient (Wildman–Crippen LogP) is 3.85. The monoisotopic (exact) mass is 441 g/mol. The number of carbonyl (C=O) groups is 3. The molecule has 0 aliphatic carbocycles. The van der Waals surface area contributed by atoms with Crippen molar-refractivity contribution in [1.82, 2.24) is 10.2 Å². The lowest BCUT2D eigenvalue weighted by atomic mass is 10.0. The first-order chi connectivity index (χ1) is 16.1. The van der Waals surface area contributed by atoms with E-state index in [-0.39, 0.29) is 18.2 Å². The third-order valence-corrected chi connectivity index (χ3v) is 5.90. The number of nitrogens with one attached hydrogen (secondary N) is 2. The van der Waals surface area contributed by atoms with Crippen LogP contribution in [0.1, 0.15) is 34.3 Å². The molecular formula is C26H23N3O4. The van der Waals surface area contributed by atoms with E-state index in [1.807, 2.05) is 66.7 Å². The van der Waals surface area contributed by atoms with Crippen LogP contribution in [0.4, 0.5) is 5.69 Å². The van der Waals surface area contributed by atoms with E-state index in [0.717, 1.165) is 28.3 Å². The summed E-state index contributed by atoms with van der Waals surface area (Å²) in [5.41, 5.74) is 3.42. The van der Waals surface area contributed by atoms with Gasteiger partial charge in [0, 0.05) is 30.8 Å². The van der Waals surface area contributed by atoms with Crippen LogP contribution in [0, 0.1) is 0 Å². The Morgan fingerprint density at radius 1 is 0.939 bits per heavy atom. The van der Waals surface area contributed by atoms with Crippen molar-refractivity contribution in [3.63, 3.8) is 0 Å². The van der Waals surface area contributed by atoms with Gasteiger partial charge < -0.3 is 15.0 Å². The number of anilines is 1. The maximum Gasteiger partial charge on any atom is 0.255 e. The molecule has 3 aromatic carbocycles. The number of carbonyl (C=O) groups excluding carboxylic acids is 3. The molecule has 2 aliphatic rings. The van der Waals surface area contributed by atoms with E-state index in [1.54, 1.807) is 11.0 Å². The van der Waals surface area contributed by atoms with Gasteiger partial charge in [0.1, 0.15) is 17.5 Å². The summed E-state index contributed by atoms with van der Waals surface area (Å²) in [7, 11) is 0. The largest absolute Gasteiger partial charge is 0.457 e. The second-order valence-electron chi connectivity index (χ2n) is 8.19. The third kappa shape index (κ3) is 4.43. The van der Waals surface area contributed by atoms with Crippen molar-refractivity contribution in [1.29, 1.82) is 0 Å². The van der Waals surface area contributed by atoms with Crippen molar-refractivity contribution >= 4 is 23.4 Å². The molecule has 1 saturated heterocycles. The lowest BCUT2D eigenvalue weighted by Gasteiger charge is -2.29. The molecule has 3 amide bonds. The molecule has 33 heavy (non-hydrogen) atoms. The smallest absolute Gasteiger partial charge is 0.255 e. The van der Waals surface area contributed by atoms with Gasteiger partial charge >= 0.3 is 0 Å². The van der Waals surface area contributed by atoms with E-state index >= 15 is 0 Å². The highest BCUT2D eigenvalue weighted by atomic mass is 16.5. The molecule has 7 nitrogen and oxygen atoms in total. The molecule has 0 saturated carbocycles. The lowest BCUT2D eigenvalue weighted by molar-refractivity contribution is -0.136. The van der Waals surface area contributed by atoms with Crippen molar-refractivity contribution in [2.45, 2.75) is 32.0 Å². The summed E-state index contributed by atoms with van der Waals surface area (Å²) in [5.74, 6) is 0.691. The minimum atomic E-state index is -0.605. The second kappa shape index (κ2) is 8.78. The summed E-state index contributed by atoms with van der Waals surface area (Å²) in [6, 6.07) is 22.5. The van der Waals surface area contributed by atoms with Crippen molar-refractivity contribution in [2.75, 3.05) is 5.32 Å². The molecule has 166 valence electrons. The Morgan fingerprint density at radius 2 is 1.76 bits per heavy atom. The van der Waals surface area contributed by atoms with Gasteiger partial charge in [-0.05, 0) is 60.0 Å². The lowest BCUT2D eigenvalue weighted by Crippen LogP contribution is -2.52. The van der Waals surface area contributed by atoms with Gasteiger partial charge in [0.05, 0.1) is 0 Å². The summed E-state index contributed by atoms with van der Waals surface area (Å²) in [5, 5.41) is 5.73. The zero-order valence-electron chi connectivity index (χ0n) is 17.9. The van der Waals surface area contributed by atoms with Crippen LogP contribution in [0.15, 0.2) is 72.8 Å². The van der Waals surface area contributed by atoms with Gasteiger partial charge in [0.25, 0.3) is 5.91 Å². The minimum absolute atomic E-state index is 0.170. The van der Waals surface area contributed by atoms with Crippen LogP contribution in [0.25, 0.3) is 0 Å². The second-order valence-corrected chi connectivity index (χ2v) is 8.19. The van der Waals surface area contributed by atoms with Gasteiger partial charge in [-0.25, -0.2) is 0 Å². The molecule has 0 bridgehead atoms. The first-order valence-corrected chi connectivity index (χ1v) is 10.9. The number of hydrogen-bond donors (Lipinski definition) is 2. The van der Waals surface area contributed by atoms with E-state index in [0.29, 0.717) is 25.1 Å². The van der Waals surface area contributed by atoms with Crippen LogP contribution in [-0.4, -0.2) is 28.7 Å². The number of fused-ring (bicyclic) bond motifs is 1. The van der Waals surface area contributed by atoms with Crippen molar-refractivity contribution in [3.05, 3.63) is 89.5 Å². The normalized spacial score (nSPS) is 17.5. The zero-order chi connectivity index (χ0) is 22.8. The Labute approximate surface area is 191 Å². The summed E-state index contributed by atoms with van der Waals surface area (Å²) in [6.07, 6.45) is 0.604. The fraction of sp³-hybridized carbons (Fsp3) is 0.192. The van der Waals surface area contributed by atoms with Crippen molar-refractivity contribution in [3.8, 4) is 11.5 Å². The van der Waals surface area contributed by atoms with Gasteiger partial charge in [-0.1, -0.05) is 30.3 Å². The molecule has 0 spiro atoms. The Bertz CT molecular complexity index is 1230. The van der Waals surface area contributed by atoms with E-state index in [4.69, 9.17) is 4.74 Å². The van der Waals surface area contributed by atoms with E-state index in [9.17, 15) is 14.4 Å². The van der Waals surface area contributed by atoms with Gasteiger partial charge in [-0.3, -0.25) is 19.7 Å². The topological polar surface area (TPSA) is 87.7 Å². The summed E-state index contributed by atoms with van der Waals surface area (Å²) < 4.78 is 5.90. The van der Waals surface area contributed by atoms with Gasteiger partial charge in [0.2, 0.25) is 11.8 Å². The highest BCUT2D eigenvalue weighted by molar-refractivity contribution is 6.05. The van der Waals surface area contributed by atoms with Crippen LogP contribution >= 0.6 is 0 Å². The number of piperidine rings is 1. The Kier molecular flexibility index (Phi) is 5.52. The van der Waals surface area contributed by atoms with Crippen LogP contribution < -0.4 is 15.4 Å². The number of ether oxygens (including phenoxy) is 1. The molecular weight excluding hydrogens is 418 g/mol. The molecule has 0 aromatic heterocycles. The van der Waals surface area contributed by atoms with E-state index < -0.39 is 11.9 Å². The predicted molar refractivity (Wildman–Crippen MR) is 123 cm³/mol. The van der Waals surface area contributed by atoms with Crippen LogP contribution in [0.3, 0.4) is 0 Å². The maximum atomic E-state index is 12.8. The first-order valence-electron chi connectivity index (χ1n) is 10.9. The maximum absolute atomic E-state index is 12.8. The molecule has 2 N–H and O–H groups in total. The molecule has 3 aromatic rings. The average Bonchev–Trinajstić information content (AvgIpc) is 3.14. The highest BCUT2D eigenvalue weighted by Gasteiger charge is 2.39. The zero-order valence-corrected chi connectivity index (χ0v) is 17.9.